The molecule has 0 fully saturated rings. The topological polar surface area (TPSA) is 26.3 Å². The Hall–Kier alpha value is -1.61. The van der Waals surface area contributed by atoms with E-state index in [1.54, 1.807) is 7.11 Å². The molecule has 0 bridgehead atoms. The highest BCUT2D eigenvalue weighted by molar-refractivity contribution is 9.10. The van der Waals surface area contributed by atoms with Crippen LogP contribution in [0.2, 0.25) is 0 Å². The Morgan fingerprint density at radius 2 is 1.90 bits per heavy atom. The van der Waals surface area contributed by atoms with Crippen LogP contribution in [0, 0.1) is 6.92 Å². The van der Waals surface area contributed by atoms with Gasteiger partial charge in [0.25, 0.3) is 0 Å². The number of hydrogen-bond acceptors (Lipinski definition) is 2. The van der Waals surface area contributed by atoms with Crippen molar-refractivity contribution in [3.63, 3.8) is 0 Å². The van der Waals surface area contributed by atoms with Crippen LogP contribution in [-0.2, 0) is 12.8 Å². The summed E-state index contributed by atoms with van der Waals surface area (Å²) >= 11 is 3.49. The lowest BCUT2D eigenvalue weighted by Gasteiger charge is -2.11. The minimum absolute atomic E-state index is 0.0160. The molecule has 2 aromatic carbocycles. The van der Waals surface area contributed by atoms with Crippen molar-refractivity contribution in [3.05, 3.63) is 62.6 Å². The largest absolute Gasteiger partial charge is 0.496 e. The van der Waals surface area contributed by atoms with Crippen molar-refractivity contribution in [2.24, 2.45) is 0 Å². The molecular weight excluding hydrogens is 328 g/mol. The highest BCUT2D eigenvalue weighted by Gasteiger charge is 2.19. The number of hydrogen-bond donors (Lipinski definition) is 0. The number of rotatable bonds is 3. The lowest BCUT2D eigenvalue weighted by atomic mass is 9.98. The monoisotopic (exact) mass is 344 g/mol. The van der Waals surface area contributed by atoms with Gasteiger partial charge >= 0.3 is 0 Å². The third kappa shape index (κ3) is 2.62. The Morgan fingerprint density at radius 1 is 1.14 bits per heavy atom. The molecule has 0 aromatic heterocycles. The Kier molecular flexibility index (Phi) is 3.85. The average molecular weight is 345 g/mol. The second kappa shape index (κ2) is 5.64. The zero-order chi connectivity index (χ0) is 15.0. The van der Waals surface area contributed by atoms with Crippen molar-refractivity contribution in [1.82, 2.24) is 0 Å². The van der Waals surface area contributed by atoms with Gasteiger partial charge in [-0.05, 0) is 61.1 Å². The fourth-order valence-corrected chi connectivity index (χ4v) is 3.21. The van der Waals surface area contributed by atoms with Crippen molar-refractivity contribution in [2.45, 2.75) is 26.2 Å². The Bertz CT molecular complexity index is 719. The van der Waals surface area contributed by atoms with E-state index in [4.69, 9.17) is 4.74 Å². The zero-order valence-corrected chi connectivity index (χ0v) is 13.8. The number of benzene rings is 2. The molecule has 1 aliphatic rings. The molecule has 0 saturated carbocycles. The summed E-state index contributed by atoms with van der Waals surface area (Å²) in [6.07, 6.45) is 3.39. The Morgan fingerprint density at radius 3 is 2.67 bits per heavy atom. The summed E-state index contributed by atoms with van der Waals surface area (Å²) < 4.78 is 6.30. The van der Waals surface area contributed by atoms with Gasteiger partial charge in [-0.15, -0.1) is 0 Å². The molecule has 0 spiro atoms. The lowest BCUT2D eigenvalue weighted by molar-refractivity contribution is 0.103. The maximum absolute atomic E-state index is 12.8. The molecule has 0 radical (unpaired) electrons. The van der Waals surface area contributed by atoms with Crippen LogP contribution < -0.4 is 4.74 Å². The van der Waals surface area contributed by atoms with Crippen LogP contribution in [0.3, 0.4) is 0 Å². The second-order valence-electron chi connectivity index (χ2n) is 5.47. The molecule has 2 aromatic rings. The van der Waals surface area contributed by atoms with E-state index in [2.05, 4.69) is 22.0 Å². The lowest BCUT2D eigenvalue weighted by Crippen LogP contribution is -2.05. The summed E-state index contributed by atoms with van der Waals surface area (Å²) in [7, 11) is 1.60. The predicted octanol–water partition coefficient (Wildman–Crippen LogP) is 4.49. The van der Waals surface area contributed by atoms with Gasteiger partial charge in [0.2, 0.25) is 0 Å². The fraction of sp³-hybridized carbons (Fsp3) is 0.278. The summed E-state index contributed by atoms with van der Waals surface area (Å²) in [5, 5.41) is 0. The number of halogens is 1. The first-order chi connectivity index (χ1) is 10.1. The zero-order valence-electron chi connectivity index (χ0n) is 12.2. The number of aryl methyl sites for hydroxylation is 3. The fourth-order valence-electron chi connectivity index (χ4n) is 2.87. The molecule has 0 N–H and O–H groups in total. The number of ether oxygens (including phenoxy) is 1. The number of fused-ring (bicyclic) bond motifs is 1. The number of carbonyl (C=O) groups excluding carboxylic acids is 1. The summed E-state index contributed by atoms with van der Waals surface area (Å²) in [6, 6.07) is 9.80. The van der Waals surface area contributed by atoms with Crippen LogP contribution in [0.4, 0.5) is 0 Å². The van der Waals surface area contributed by atoms with Gasteiger partial charge in [0.05, 0.1) is 12.7 Å². The molecule has 108 valence electrons. The van der Waals surface area contributed by atoms with E-state index in [0.717, 1.165) is 28.4 Å². The van der Waals surface area contributed by atoms with Crippen LogP contribution in [0.25, 0.3) is 0 Å². The smallest absolute Gasteiger partial charge is 0.196 e. The van der Waals surface area contributed by atoms with E-state index < -0.39 is 0 Å². The van der Waals surface area contributed by atoms with Gasteiger partial charge in [-0.1, -0.05) is 28.1 Å². The molecule has 21 heavy (non-hydrogen) atoms. The van der Waals surface area contributed by atoms with Crippen LogP contribution in [0.15, 0.2) is 34.8 Å². The molecule has 0 heterocycles. The first kappa shape index (κ1) is 14.3. The van der Waals surface area contributed by atoms with Gasteiger partial charge in [0, 0.05) is 10.0 Å². The maximum Gasteiger partial charge on any atom is 0.196 e. The number of methoxy groups -OCH3 is 1. The summed E-state index contributed by atoms with van der Waals surface area (Å²) in [4.78, 5) is 12.8. The summed E-state index contributed by atoms with van der Waals surface area (Å²) in [5.41, 5.74) is 5.09. The molecule has 0 unspecified atom stereocenters. The molecule has 0 saturated heterocycles. The van der Waals surface area contributed by atoms with Gasteiger partial charge in [-0.3, -0.25) is 4.79 Å². The maximum atomic E-state index is 12.8. The van der Waals surface area contributed by atoms with E-state index in [0.29, 0.717) is 11.3 Å². The molecule has 3 rings (SSSR count). The van der Waals surface area contributed by atoms with Crippen LogP contribution in [0.5, 0.6) is 5.75 Å². The SMILES string of the molecule is COc1cc(C)c(Br)cc1C(=O)c1ccc2c(c1)CCC2. The molecule has 1 aliphatic carbocycles. The minimum atomic E-state index is 0.0160. The van der Waals surface area contributed by atoms with Gasteiger partial charge in [0.1, 0.15) is 5.75 Å². The van der Waals surface area contributed by atoms with Gasteiger partial charge in [0.15, 0.2) is 5.78 Å². The summed E-state index contributed by atoms with van der Waals surface area (Å²) in [6.45, 7) is 1.98. The molecule has 0 aliphatic heterocycles. The minimum Gasteiger partial charge on any atom is -0.496 e. The van der Waals surface area contributed by atoms with Crippen LogP contribution in [0.1, 0.15) is 39.0 Å². The quantitative estimate of drug-likeness (QED) is 0.767. The first-order valence-electron chi connectivity index (χ1n) is 7.11. The molecule has 2 nitrogen and oxygen atoms in total. The number of ketones is 1. The molecule has 0 atom stereocenters. The Labute approximate surface area is 133 Å². The Balaban J connectivity index is 2.04. The standard InChI is InChI=1S/C18H17BrO2/c1-11-8-17(21-2)15(10-16(11)19)18(20)14-7-6-12-4-3-5-13(12)9-14/h6-10H,3-5H2,1-2H3. The molecule has 0 amide bonds. The molecular formula is C18H17BrO2. The van der Waals surface area contributed by atoms with E-state index in [9.17, 15) is 4.79 Å². The number of carbonyl (C=O) groups is 1. The van der Waals surface area contributed by atoms with Gasteiger partial charge in [-0.25, -0.2) is 0 Å². The van der Waals surface area contributed by atoms with Crippen LogP contribution >= 0.6 is 15.9 Å². The van der Waals surface area contributed by atoms with E-state index in [-0.39, 0.29) is 5.78 Å². The summed E-state index contributed by atoms with van der Waals surface area (Å²) in [5.74, 6) is 0.642. The van der Waals surface area contributed by atoms with Crippen molar-refractivity contribution in [3.8, 4) is 5.75 Å². The van der Waals surface area contributed by atoms with Gasteiger partial charge in [-0.2, -0.15) is 0 Å². The van der Waals surface area contributed by atoms with Crippen molar-refractivity contribution >= 4 is 21.7 Å². The normalized spacial score (nSPS) is 13.1. The van der Waals surface area contributed by atoms with E-state index in [1.165, 1.54) is 17.5 Å². The molecule has 3 heteroatoms. The van der Waals surface area contributed by atoms with Crippen LogP contribution in [-0.4, -0.2) is 12.9 Å². The van der Waals surface area contributed by atoms with E-state index >= 15 is 0 Å². The van der Waals surface area contributed by atoms with E-state index in [1.807, 2.05) is 31.2 Å². The highest BCUT2D eigenvalue weighted by Crippen LogP contribution is 2.30. The third-order valence-electron chi connectivity index (χ3n) is 4.09. The van der Waals surface area contributed by atoms with Crippen molar-refractivity contribution < 1.29 is 9.53 Å². The van der Waals surface area contributed by atoms with Gasteiger partial charge < -0.3 is 4.74 Å². The van der Waals surface area contributed by atoms with Crippen molar-refractivity contribution in [2.75, 3.05) is 7.11 Å². The predicted molar refractivity (Wildman–Crippen MR) is 87.3 cm³/mol. The highest BCUT2D eigenvalue weighted by atomic mass is 79.9. The third-order valence-corrected chi connectivity index (χ3v) is 4.94. The van der Waals surface area contributed by atoms with Crippen molar-refractivity contribution in [1.29, 1.82) is 0 Å². The first-order valence-corrected chi connectivity index (χ1v) is 7.90. The average Bonchev–Trinajstić information content (AvgIpc) is 2.96. The second-order valence-corrected chi connectivity index (χ2v) is 6.32.